The molecule has 0 radical (unpaired) electrons. The van der Waals surface area contributed by atoms with Gasteiger partial charge in [-0.15, -0.1) is 0 Å². The number of rotatable bonds is 12. The van der Waals surface area contributed by atoms with Crippen LogP contribution >= 0.6 is 0 Å². The summed E-state index contributed by atoms with van der Waals surface area (Å²) in [5, 5.41) is 13.0. The number of amides is 3. The van der Waals surface area contributed by atoms with Gasteiger partial charge in [0.05, 0.1) is 6.04 Å². The molecule has 0 spiro atoms. The quantitative estimate of drug-likeness (QED) is 0.214. The Morgan fingerprint density at radius 3 is 2.47 bits per heavy atom. The van der Waals surface area contributed by atoms with Gasteiger partial charge < -0.3 is 5.32 Å². The lowest BCUT2D eigenvalue weighted by molar-refractivity contribution is -0.152. The maximum absolute atomic E-state index is 13.2. The van der Waals surface area contributed by atoms with Gasteiger partial charge in [0.2, 0.25) is 17.7 Å². The maximum atomic E-state index is 13.2. The van der Waals surface area contributed by atoms with Crippen LogP contribution < -0.4 is 16.2 Å². The zero-order valence-corrected chi connectivity index (χ0v) is 18.7. The number of nitrogens with one attached hydrogen (secondary N) is 3. The van der Waals surface area contributed by atoms with Gasteiger partial charge >= 0.3 is 0 Å². The van der Waals surface area contributed by atoms with Crippen LogP contribution in [0, 0.1) is 11.8 Å². The van der Waals surface area contributed by atoms with Crippen LogP contribution in [0.3, 0.4) is 0 Å². The molecule has 0 aromatic heterocycles. The van der Waals surface area contributed by atoms with E-state index in [9.17, 15) is 19.2 Å². The largest absolute Gasteiger partial charge is 0.344 e. The highest BCUT2D eigenvalue weighted by atomic mass is 16.5. The summed E-state index contributed by atoms with van der Waals surface area (Å²) in [4.78, 5) is 49.8. The smallest absolute Gasteiger partial charge is 0.245 e. The molecule has 0 aromatic carbocycles. The molecule has 9 heteroatoms. The van der Waals surface area contributed by atoms with Gasteiger partial charge in [0.15, 0.2) is 5.78 Å². The Labute approximate surface area is 179 Å². The molecule has 0 aliphatic carbocycles. The zero-order valence-electron chi connectivity index (χ0n) is 18.7. The second-order valence-corrected chi connectivity index (χ2v) is 8.51. The highest BCUT2D eigenvalue weighted by Gasteiger charge is 2.37. The predicted molar refractivity (Wildman–Crippen MR) is 112 cm³/mol. The zero-order chi connectivity index (χ0) is 22.7. The molecule has 0 bridgehead atoms. The Bertz CT molecular complexity index is 596. The van der Waals surface area contributed by atoms with Crippen LogP contribution in [-0.2, 0) is 19.2 Å². The van der Waals surface area contributed by atoms with Gasteiger partial charge in [-0.3, -0.25) is 29.4 Å². The van der Waals surface area contributed by atoms with E-state index in [0.29, 0.717) is 32.2 Å². The van der Waals surface area contributed by atoms with Crippen molar-refractivity contribution < 1.29 is 24.4 Å². The third-order valence-electron chi connectivity index (χ3n) is 5.36. The topological polar surface area (TPSA) is 128 Å². The first kappa shape index (κ1) is 26.0. The molecular formula is C21H38N4O5. The molecule has 30 heavy (non-hydrogen) atoms. The molecule has 1 fully saturated rings. The summed E-state index contributed by atoms with van der Waals surface area (Å²) in [6.45, 7) is 8.00. The van der Waals surface area contributed by atoms with E-state index in [2.05, 4.69) is 10.7 Å². The van der Waals surface area contributed by atoms with E-state index in [1.54, 1.807) is 5.48 Å². The van der Waals surface area contributed by atoms with Gasteiger partial charge in [-0.25, -0.2) is 10.9 Å². The van der Waals surface area contributed by atoms with Crippen molar-refractivity contribution >= 4 is 23.5 Å². The summed E-state index contributed by atoms with van der Waals surface area (Å²) in [6, 6.07) is -1.33. The predicted octanol–water partition coefficient (Wildman–Crippen LogP) is 1.69. The molecule has 0 unspecified atom stereocenters. The number of hydrogen-bond donors (Lipinski definition) is 4. The fraction of sp³-hybridized carbons (Fsp3) is 0.810. The van der Waals surface area contributed by atoms with Gasteiger partial charge in [0, 0.05) is 18.9 Å². The lowest BCUT2D eigenvalue weighted by Gasteiger charge is -2.37. The first-order valence-corrected chi connectivity index (χ1v) is 11.0. The van der Waals surface area contributed by atoms with Crippen molar-refractivity contribution in [1.82, 2.24) is 21.2 Å². The van der Waals surface area contributed by atoms with Crippen LogP contribution in [-0.4, -0.2) is 52.3 Å². The number of carbonyl (C=O) groups excluding carboxylic acids is 4. The van der Waals surface area contributed by atoms with E-state index in [4.69, 9.17) is 5.21 Å². The molecule has 1 rings (SSSR count). The van der Waals surface area contributed by atoms with Crippen molar-refractivity contribution in [3.05, 3.63) is 0 Å². The van der Waals surface area contributed by atoms with Crippen LogP contribution in [0.2, 0.25) is 0 Å². The minimum Gasteiger partial charge on any atom is -0.344 e. The summed E-state index contributed by atoms with van der Waals surface area (Å²) in [7, 11) is 0. The Hall–Kier alpha value is -2.00. The number of nitrogens with zero attached hydrogens (tertiary/aromatic N) is 1. The average Bonchev–Trinajstić information content (AvgIpc) is 2.71. The van der Waals surface area contributed by atoms with Gasteiger partial charge in [0.25, 0.3) is 0 Å². The molecule has 3 amide bonds. The van der Waals surface area contributed by atoms with E-state index >= 15 is 0 Å². The van der Waals surface area contributed by atoms with Crippen molar-refractivity contribution in [3.8, 4) is 0 Å². The van der Waals surface area contributed by atoms with E-state index < -0.39 is 23.9 Å². The van der Waals surface area contributed by atoms with E-state index in [1.165, 1.54) is 11.9 Å². The summed E-state index contributed by atoms with van der Waals surface area (Å²) in [5.41, 5.74) is 4.59. The summed E-state index contributed by atoms with van der Waals surface area (Å²) in [6.07, 6.45) is 4.76. The summed E-state index contributed by atoms with van der Waals surface area (Å²) >= 11 is 0. The average molecular weight is 427 g/mol. The standard InChI is InChI=1S/C21H38N4O5/c1-5-6-7-9-16(13-19(27)24-30)21(29)25-18(10-8-11-22-25)20(28)23-17(15(4)26)12-14(2)3/h14,16-18,22,30H,5-13H2,1-4H3,(H,23,28)(H,24,27)/t16-,17+,18+/m1/s1. The van der Waals surface area contributed by atoms with E-state index in [-0.39, 0.29) is 29.9 Å². The molecule has 1 aliphatic rings. The first-order valence-electron chi connectivity index (χ1n) is 11.0. The normalized spacial score (nSPS) is 18.6. The van der Waals surface area contributed by atoms with Crippen molar-refractivity contribution in [2.45, 2.75) is 91.1 Å². The van der Waals surface area contributed by atoms with Crippen molar-refractivity contribution in [1.29, 1.82) is 0 Å². The number of hydrazine groups is 1. The molecule has 1 saturated heterocycles. The third-order valence-corrected chi connectivity index (χ3v) is 5.36. The second-order valence-electron chi connectivity index (χ2n) is 8.51. The van der Waals surface area contributed by atoms with E-state index in [0.717, 1.165) is 19.3 Å². The number of hydrogen-bond acceptors (Lipinski definition) is 6. The number of hydroxylamine groups is 1. The molecule has 172 valence electrons. The monoisotopic (exact) mass is 426 g/mol. The highest BCUT2D eigenvalue weighted by Crippen LogP contribution is 2.21. The number of unbranched alkanes of at least 4 members (excludes halogenated alkanes) is 2. The Morgan fingerprint density at radius 2 is 1.90 bits per heavy atom. The highest BCUT2D eigenvalue weighted by molar-refractivity contribution is 5.93. The minimum absolute atomic E-state index is 0.115. The molecule has 4 N–H and O–H groups in total. The molecule has 1 aliphatic heterocycles. The lowest BCUT2D eigenvalue weighted by atomic mass is 9.94. The van der Waals surface area contributed by atoms with Crippen LogP contribution in [0.5, 0.6) is 0 Å². The fourth-order valence-corrected chi connectivity index (χ4v) is 3.70. The maximum Gasteiger partial charge on any atom is 0.245 e. The third kappa shape index (κ3) is 8.39. The minimum atomic E-state index is -0.744. The van der Waals surface area contributed by atoms with Gasteiger partial charge in [-0.1, -0.05) is 40.0 Å². The molecule has 9 nitrogen and oxygen atoms in total. The van der Waals surface area contributed by atoms with Crippen molar-refractivity contribution in [3.63, 3.8) is 0 Å². The first-order chi connectivity index (χ1) is 14.2. The van der Waals surface area contributed by atoms with Crippen LogP contribution in [0.15, 0.2) is 0 Å². The molecular weight excluding hydrogens is 388 g/mol. The Morgan fingerprint density at radius 1 is 1.20 bits per heavy atom. The number of ketones is 1. The molecule has 0 aromatic rings. The van der Waals surface area contributed by atoms with Crippen LogP contribution in [0.25, 0.3) is 0 Å². The Balaban J connectivity index is 2.94. The second kappa shape index (κ2) is 13.3. The van der Waals surface area contributed by atoms with Crippen LogP contribution in [0.4, 0.5) is 0 Å². The lowest BCUT2D eigenvalue weighted by Crippen LogP contribution is -2.61. The molecule has 3 atom stereocenters. The van der Waals surface area contributed by atoms with E-state index in [1.807, 2.05) is 20.8 Å². The Kier molecular flexibility index (Phi) is 11.6. The SMILES string of the molecule is CCCCC[C@H](CC(=O)NO)C(=O)N1NCCC[C@H]1C(=O)N[C@@H](CC(C)C)C(C)=O. The van der Waals surface area contributed by atoms with Crippen molar-refractivity contribution in [2.24, 2.45) is 11.8 Å². The number of carbonyl (C=O) groups is 4. The number of Topliss-reactive ketones (excluding diaryl/α,β-unsaturated/α-hetero) is 1. The molecule has 1 heterocycles. The summed E-state index contributed by atoms with van der Waals surface area (Å²) < 4.78 is 0. The van der Waals surface area contributed by atoms with Gasteiger partial charge in [-0.05, 0) is 38.5 Å². The van der Waals surface area contributed by atoms with Crippen molar-refractivity contribution in [2.75, 3.05) is 6.54 Å². The fourth-order valence-electron chi connectivity index (χ4n) is 3.70. The van der Waals surface area contributed by atoms with Crippen LogP contribution in [0.1, 0.15) is 79.1 Å². The molecule has 0 saturated carbocycles. The van der Waals surface area contributed by atoms with Gasteiger partial charge in [-0.2, -0.15) is 0 Å². The van der Waals surface area contributed by atoms with Gasteiger partial charge in [0.1, 0.15) is 6.04 Å². The summed E-state index contributed by atoms with van der Waals surface area (Å²) in [5.74, 6) is -1.84.